The van der Waals surface area contributed by atoms with Crippen LogP contribution >= 0.6 is 11.6 Å². The fourth-order valence-corrected chi connectivity index (χ4v) is 4.34. The first-order valence-electron chi connectivity index (χ1n) is 10.1. The van der Waals surface area contributed by atoms with Crippen LogP contribution < -0.4 is 9.80 Å². The second kappa shape index (κ2) is 8.80. The molecule has 0 saturated carbocycles. The third kappa shape index (κ3) is 4.40. The molecule has 1 atom stereocenters. The first-order chi connectivity index (χ1) is 13.7. The lowest BCUT2D eigenvalue weighted by atomic mass is 9.99. The molecule has 2 heterocycles. The van der Waals surface area contributed by atoms with E-state index in [-0.39, 0.29) is 5.91 Å². The number of para-hydroxylation sites is 1. The molecule has 1 unspecified atom stereocenters. The van der Waals surface area contributed by atoms with Crippen molar-refractivity contribution in [2.24, 2.45) is 0 Å². The van der Waals surface area contributed by atoms with E-state index in [0.717, 1.165) is 56.4 Å². The van der Waals surface area contributed by atoms with Gasteiger partial charge in [0.15, 0.2) is 6.54 Å². The molecular formula is C23H27ClN3O+. The molecule has 1 fully saturated rings. The number of anilines is 1. The highest BCUT2D eigenvalue weighted by atomic mass is 35.5. The van der Waals surface area contributed by atoms with Crippen molar-refractivity contribution in [3.05, 3.63) is 71.3 Å². The summed E-state index contributed by atoms with van der Waals surface area (Å²) in [5.74, 6) is 0.269. The number of benzene rings is 2. The summed E-state index contributed by atoms with van der Waals surface area (Å²) in [4.78, 5) is 18.4. The van der Waals surface area contributed by atoms with Gasteiger partial charge in [0, 0.05) is 32.6 Å². The minimum atomic E-state index is 0.269. The van der Waals surface area contributed by atoms with E-state index in [1.54, 1.807) is 0 Å². The Morgan fingerprint density at radius 3 is 2.36 bits per heavy atom. The number of amides is 1. The highest BCUT2D eigenvalue weighted by molar-refractivity contribution is 6.33. The number of nitrogens with zero attached hydrogens (tertiary/aromatic N) is 2. The molecule has 1 N–H and O–H groups in total. The number of rotatable bonds is 4. The molecule has 4 nitrogen and oxygen atoms in total. The van der Waals surface area contributed by atoms with Gasteiger partial charge in [-0.05, 0) is 29.3 Å². The molecule has 2 aromatic rings. The van der Waals surface area contributed by atoms with Gasteiger partial charge in [-0.1, -0.05) is 54.1 Å². The lowest BCUT2D eigenvalue weighted by molar-refractivity contribution is -0.887. The molecule has 0 bridgehead atoms. The van der Waals surface area contributed by atoms with E-state index in [0.29, 0.717) is 6.54 Å². The van der Waals surface area contributed by atoms with E-state index in [1.165, 1.54) is 16.0 Å². The van der Waals surface area contributed by atoms with E-state index < -0.39 is 0 Å². The van der Waals surface area contributed by atoms with Gasteiger partial charge in [-0.3, -0.25) is 4.79 Å². The highest BCUT2D eigenvalue weighted by Crippen LogP contribution is 2.26. The highest BCUT2D eigenvalue weighted by Gasteiger charge is 2.26. The molecule has 28 heavy (non-hydrogen) atoms. The van der Waals surface area contributed by atoms with Crippen LogP contribution in [0.1, 0.15) is 12.0 Å². The molecule has 0 aromatic heterocycles. The Labute approximate surface area is 172 Å². The van der Waals surface area contributed by atoms with E-state index in [9.17, 15) is 4.79 Å². The lowest BCUT2D eigenvalue weighted by Crippen LogP contribution is -3.13. The van der Waals surface area contributed by atoms with Gasteiger partial charge in [-0.2, -0.15) is 0 Å². The predicted molar refractivity (Wildman–Crippen MR) is 115 cm³/mol. The van der Waals surface area contributed by atoms with Gasteiger partial charge < -0.3 is 14.7 Å². The third-order valence-corrected chi connectivity index (χ3v) is 6.08. The zero-order valence-electron chi connectivity index (χ0n) is 16.1. The van der Waals surface area contributed by atoms with Crippen LogP contribution in [0.3, 0.4) is 0 Å². The van der Waals surface area contributed by atoms with Crippen molar-refractivity contribution in [3.8, 4) is 0 Å². The smallest absolute Gasteiger partial charge is 0.277 e. The number of piperazine rings is 1. The Morgan fingerprint density at radius 2 is 1.68 bits per heavy atom. The minimum absolute atomic E-state index is 0.269. The second-order valence-electron chi connectivity index (χ2n) is 7.55. The van der Waals surface area contributed by atoms with Crippen LogP contribution in [0.2, 0.25) is 5.02 Å². The Balaban J connectivity index is 1.27. The zero-order chi connectivity index (χ0) is 19.3. The molecule has 1 saturated heterocycles. The van der Waals surface area contributed by atoms with Crippen LogP contribution in [0, 0.1) is 0 Å². The zero-order valence-corrected chi connectivity index (χ0v) is 16.9. The number of carbonyl (C=O) groups is 1. The normalized spacial score (nSPS) is 20.0. The predicted octanol–water partition coefficient (Wildman–Crippen LogP) is 2.36. The third-order valence-electron chi connectivity index (χ3n) is 5.76. The van der Waals surface area contributed by atoms with Gasteiger partial charge in [0.2, 0.25) is 0 Å². The van der Waals surface area contributed by atoms with Crippen molar-refractivity contribution in [3.63, 3.8) is 0 Å². The summed E-state index contributed by atoms with van der Waals surface area (Å²) >= 11 is 6.31. The van der Waals surface area contributed by atoms with Gasteiger partial charge >= 0.3 is 0 Å². The Bertz CT molecular complexity index is 844. The molecule has 146 valence electrons. The maximum atomic E-state index is 12.8. The fourth-order valence-electron chi connectivity index (χ4n) is 4.09. The molecule has 0 spiro atoms. The molecule has 2 aliphatic rings. The van der Waals surface area contributed by atoms with Crippen LogP contribution in [0.4, 0.5) is 5.69 Å². The van der Waals surface area contributed by atoms with Crippen molar-refractivity contribution >= 4 is 28.8 Å². The molecule has 5 heteroatoms. The van der Waals surface area contributed by atoms with E-state index in [1.807, 2.05) is 29.2 Å². The quantitative estimate of drug-likeness (QED) is 0.859. The number of halogens is 1. The van der Waals surface area contributed by atoms with Crippen molar-refractivity contribution in [2.75, 3.05) is 50.7 Å². The lowest BCUT2D eigenvalue weighted by Gasteiger charge is -2.37. The van der Waals surface area contributed by atoms with Crippen molar-refractivity contribution in [1.82, 2.24) is 4.90 Å². The van der Waals surface area contributed by atoms with Crippen LogP contribution in [-0.2, 0) is 4.79 Å². The van der Waals surface area contributed by atoms with Gasteiger partial charge in [-0.25, -0.2) is 0 Å². The fraction of sp³-hybridized carbons (Fsp3) is 0.348. The molecule has 0 radical (unpaired) electrons. The summed E-state index contributed by atoms with van der Waals surface area (Å²) in [6, 6.07) is 18.5. The summed E-state index contributed by atoms with van der Waals surface area (Å²) in [6.07, 6.45) is 3.34. The second-order valence-corrected chi connectivity index (χ2v) is 7.95. The molecular weight excluding hydrogens is 370 g/mol. The van der Waals surface area contributed by atoms with Gasteiger partial charge in [0.25, 0.3) is 5.91 Å². The van der Waals surface area contributed by atoms with Crippen LogP contribution in [0.25, 0.3) is 5.57 Å². The molecule has 2 aliphatic heterocycles. The van der Waals surface area contributed by atoms with Gasteiger partial charge in [-0.15, -0.1) is 0 Å². The van der Waals surface area contributed by atoms with Gasteiger partial charge in [0.1, 0.15) is 0 Å². The SMILES string of the molecule is O=C(C[NH+]1CC=C(c2ccccc2)CC1)N1CCN(c2ccccc2Cl)CC1. The van der Waals surface area contributed by atoms with Crippen molar-refractivity contribution in [2.45, 2.75) is 6.42 Å². The Hall–Kier alpha value is -2.30. The summed E-state index contributed by atoms with van der Waals surface area (Å²) in [5.41, 5.74) is 3.78. The molecule has 2 aromatic carbocycles. The maximum absolute atomic E-state index is 12.8. The van der Waals surface area contributed by atoms with Crippen molar-refractivity contribution < 1.29 is 9.69 Å². The first kappa shape index (κ1) is 19.0. The molecule has 0 aliphatic carbocycles. The summed E-state index contributed by atoms with van der Waals surface area (Å²) in [5, 5.41) is 0.779. The van der Waals surface area contributed by atoms with Crippen LogP contribution in [-0.4, -0.2) is 56.6 Å². The number of carbonyl (C=O) groups excluding carboxylic acids is 1. The van der Waals surface area contributed by atoms with Gasteiger partial charge in [0.05, 0.1) is 23.8 Å². The summed E-state index contributed by atoms with van der Waals surface area (Å²) in [7, 11) is 0. The topological polar surface area (TPSA) is 28.0 Å². The van der Waals surface area contributed by atoms with E-state index in [4.69, 9.17) is 11.6 Å². The Morgan fingerprint density at radius 1 is 0.964 bits per heavy atom. The molecule has 4 rings (SSSR count). The number of quaternary nitrogens is 1. The largest absolute Gasteiger partial charge is 0.367 e. The standard InChI is InChI=1S/C23H26ClN3O/c24-21-8-4-5-9-22(21)26-14-16-27(17-15-26)23(28)18-25-12-10-20(11-13-25)19-6-2-1-3-7-19/h1-10H,11-18H2/p+1. The Kier molecular flexibility index (Phi) is 5.98. The number of hydrogen-bond donors (Lipinski definition) is 1. The summed E-state index contributed by atoms with van der Waals surface area (Å²) in [6.45, 7) is 5.74. The monoisotopic (exact) mass is 396 g/mol. The minimum Gasteiger partial charge on any atom is -0.367 e. The first-order valence-corrected chi connectivity index (χ1v) is 10.4. The average Bonchev–Trinajstić information content (AvgIpc) is 2.75. The summed E-state index contributed by atoms with van der Waals surface area (Å²) < 4.78 is 0. The number of nitrogens with one attached hydrogen (secondary N) is 1. The van der Waals surface area contributed by atoms with Crippen molar-refractivity contribution in [1.29, 1.82) is 0 Å². The van der Waals surface area contributed by atoms with E-state index >= 15 is 0 Å². The van der Waals surface area contributed by atoms with Crippen LogP contribution in [0.5, 0.6) is 0 Å². The van der Waals surface area contributed by atoms with E-state index in [2.05, 4.69) is 41.3 Å². The average molecular weight is 397 g/mol. The number of hydrogen-bond acceptors (Lipinski definition) is 2. The van der Waals surface area contributed by atoms with Crippen LogP contribution in [0.15, 0.2) is 60.7 Å². The maximum Gasteiger partial charge on any atom is 0.277 e. The molecule has 1 amide bonds.